The lowest BCUT2D eigenvalue weighted by Crippen LogP contribution is -2.50. The fourth-order valence-corrected chi connectivity index (χ4v) is 5.72. The molecule has 0 radical (unpaired) electrons. The molecule has 1 aliphatic heterocycles. The van der Waals surface area contributed by atoms with E-state index in [1.807, 2.05) is 22.9 Å². The Morgan fingerprint density at radius 3 is 2.68 bits per heavy atom. The van der Waals surface area contributed by atoms with Gasteiger partial charge in [-0.2, -0.15) is 0 Å². The van der Waals surface area contributed by atoms with Crippen molar-refractivity contribution in [1.29, 1.82) is 0 Å². The second-order valence-electron chi connectivity index (χ2n) is 9.96. The molecule has 1 aliphatic carbocycles. The van der Waals surface area contributed by atoms with Crippen LogP contribution in [0.25, 0.3) is 10.9 Å². The second kappa shape index (κ2) is 9.93. The number of benzene rings is 1. The van der Waals surface area contributed by atoms with Gasteiger partial charge in [-0.25, -0.2) is 4.68 Å². The van der Waals surface area contributed by atoms with Gasteiger partial charge in [-0.15, -0.1) is 5.10 Å². The van der Waals surface area contributed by atoms with Crippen LogP contribution in [0.5, 0.6) is 0 Å². The maximum absolute atomic E-state index is 13.5. The number of nitrogens with one attached hydrogen (secondary N) is 1. The fraction of sp³-hybridized carbons (Fsp3) is 0.444. The third-order valence-corrected chi connectivity index (χ3v) is 7.77. The number of furan rings is 1. The van der Waals surface area contributed by atoms with Crippen LogP contribution in [0, 0.1) is 0 Å². The zero-order chi connectivity index (χ0) is 25.4. The van der Waals surface area contributed by atoms with E-state index in [2.05, 4.69) is 38.4 Å². The number of rotatable bonds is 6. The Hall–Kier alpha value is -3.79. The van der Waals surface area contributed by atoms with Crippen LogP contribution in [0.3, 0.4) is 0 Å². The van der Waals surface area contributed by atoms with E-state index >= 15 is 0 Å². The van der Waals surface area contributed by atoms with Crippen LogP contribution < -0.4 is 5.56 Å². The van der Waals surface area contributed by atoms with Crippen LogP contribution >= 0.6 is 0 Å². The summed E-state index contributed by atoms with van der Waals surface area (Å²) in [6, 6.07) is 11.4. The molecule has 6 rings (SSSR count). The molecule has 2 aliphatic rings. The number of aryl methyl sites for hydroxylation is 1. The standard InChI is InChI=1S/C27H31N7O3/c1-2-18-9-10-22-19(16-18)17-21(26(35)28-22)24(25-29-30-31-34(25)20-6-3-4-7-20)32-11-13-33(14-12-32)27(36)23-8-5-15-37-23/h5,8-10,15-17,20,24H,2-4,6-7,11-14H2,1H3,(H,28,35). The number of carbonyl (C=O) groups is 1. The maximum Gasteiger partial charge on any atom is 0.289 e. The zero-order valence-corrected chi connectivity index (χ0v) is 21.0. The summed E-state index contributed by atoms with van der Waals surface area (Å²) in [6.45, 7) is 4.33. The Balaban J connectivity index is 1.38. The highest BCUT2D eigenvalue weighted by Crippen LogP contribution is 2.34. The minimum Gasteiger partial charge on any atom is -0.459 e. The number of aromatic amines is 1. The molecule has 1 atom stereocenters. The molecule has 10 heteroatoms. The smallest absolute Gasteiger partial charge is 0.289 e. The topological polar surface area (TPSA) is 113 Å². The van der Waals surface area contributed by atoms with E-state index in [4.69, 9.17) is 4.42 Å². The van der Waals surface area contributed by atoms with Gasteiger partial charge in [-0.05, 0) is 71.0 Å². The number of aromatic nitrogens is 5. The van der Waals surface area contributed by atoms with Crippen LogP contribution in [0.15, 0.2) is 51.9 Å². The number of H-pyrrole nitrogens is 1. The number of hydrogen-bond donors (Lipinski definition) is 1. The molecule has 0 spiro atoms. The van der Waals surface area contributed by atoms with E-state index in [0.717, 1.165) is 43.0 Å². The van der Waals surface area contributed by atoms with Crippen molar-refractivity contribution in [2.24, 2.45) is 0 Å². The van der Waals surface area contributed by atoms with Gasteiger partial charge >= 0.3 is 0 Å². The number of carbonyl (C=O) groups excluding carboxylic acids is 1. The van der Waals surface area contributed by atoms with Gasteiger partial charge in [-0.1, -0.05) is 25.8 Å². The average Bonchev–Trinajstić information content (AvgIpc) is 3.72. The van der Waals surface area contributed by atoms with Crippen molar-refractivity contribution in [1.82, 2.24) is 35.0 Å². The maximum atomic E-state index is 13.5. The molecule has 1 aromatic carbocycles. The van der Waals surface area contributed by atoms with E-state index in [0.29, 0.717) is 43.3 Å². The lowest BCUT2D eigenvalue weighted by molar-refractivity contribution is 0.0557. The SMILES string of the molecule is CCc1ccc2[nH]c(=O)c(C(c3nnnn3C3CCCC3)N3CCN(C(=O)c4ccco4)CC3)cc2c1. The van der Waals surface area contributed by atoms with Gasteiger partial charge in [0.2, 0.25) is 0 Å². The zero-order valence-electron chi connectivity index (χ0n) is 21.0. The Labute approximate surface area is 214 Å². The third-order valence-electron chi connectivity index (χ3n) is 7.77. The van der Waals surface area contributed by atoms with Crippen molar-refractivity contribution in [3.8, 4) is 0 Å². The molecule has 3 aromatic heterocycles. The summed E-state index contributed by atoms with van der Waals surface area (Å²) in [6.07, 6.45) is 6.79. The molecular formula is C27H31N7O3. The molecule has 1 saturated carbocycles. The van der Waals surface area contributed by atoms with Gasteiger partial charge in [0.05, 0.1) is 12.3 Å². The molecule has 1 N–H and O–H groups in total. The van der Waals surface area contributed by atoms with Gasteiger partial charge in [0.25, 0.3) is 11.5 Å². The first kappa shape index (κ1) is 23.6. The first-order chi connectivity index (χ1) is 18.1. The molecule has 1 amide bonds. The van der Waals surface area contributed by atoms with Crippen molar-refractivity contribution in [2.75, 3.05) is 26.2 Å². The summed E-state index contributed by atoms with van der Waals surface area (Å²) < 4.78 is 7.25. The lowest BCUT2D eigenvalue weighted by atomic mass is 10.0. The molecule has 10 nitrogen and oxygen atoms in total. The van der Waals surface area contributed by atoms with Gasteiger partial charge in [0.1, 0.15) is 6.04 Å². The van der Waals surface area contributed by atoms with Crippen molar-refractivity contribution < 1.29 is 9.21 Å². The minimum atomic E-state index is -0.421. The van der Waals surface area contributed by atoms with Crippen LogP contribution in [-0.2, 0) is 6.42 Å². The average molecular weight is 502 g/mol. The predicted molar refractivity (Wildman–Crippen MR) is 137 cm³/mol. The van der Waals surface area contributed by atoms with E-state index in [9.17, 15) is 9.59 Å². The lowest BCUT2D eigenvalue weighted by Gasteiger charge is -2.38. The number of pyridine rings is 1. The molecule has 1 unspecified atom stereocenters. The van der Waals surface area contributed by atoms with E-state index in [1.54, 1.807) is 17.0 Å². The van der Waals surface area contributed by atoms with Gasteiger partial charge < -0.3 is 14.3 Å². The molecule has 192 valence electrons. The van der Waals surface area contributed by atoms with Crippen molar-refractivity contribution in [3.63, 3.8) is 0 Å². The summed E-state index contributed by atoms with van der Waals surface area (Å²) in [5.74, 6) is 0.912. The number of fused-ring (bicyclic) bond motifs is 1. The first-order valence-electron chi connectivity index (χ1n) is 13.1. The van der Waals surface area contributed by atoms with Crippen LogP contribution in [0.2, 0.25) is 0 Å². The number of tetrazole rings is 1. The van der Waals surface area contributed by atoms with Gasteiger partial charge in [0.15, 0.2) is 11.6 Å². The third kappa shape index (κ3) is 4.46. The monoisotopic (exact) mass is 501 g/mol. The summed E-state index contributed by atoms with van der Waals surface area (Å²) in [7, 11) is 0. The highest BCUT2D eigenvalue weighted by atomic mass is 16.3. The molecule has 1 saturated heterocycles. The Kier molecular flexibility index (Phi) is 6.33. The number of piperazine rings is 1. The highest BCUT2D eigenvalue weighted by molar-refractivity contribution is 5.91. The molecule has 2 fully saturated rings. The quantitative estimate of drug-likeness (QED) is 0.431. The fourth-order valence-electron chi connectivity index (χ4n) is 5.72. The molecule has 4 heterocycles. The van der Waals surface area contributed by atoms with Gasteiger partial charge in [-0.3, -0.25) is 14.5 Å². The Morgan fingerprint density at radius 2 is 1.95 bits per heavy atom. The van der Waals surface area contributed by atoms with Crippen LogP contribution in [0.1, 0.15) is 72.2 Å². The van der Waals surface area contributed by atoms with Crippen LogP contribution in [0.4, 0.5) is 0 Å². The first-order valence-corrected chi connectivity index (χ1v) is 13.1. The Bertz CT molecular complexity index is 1440. The summed E-state index contributed by atoms with van der Waals surface area (Å²) >= 11 is 0. The highest BCUT2D eigenvalue weighted by Gasteiger charge is 2.35. The normalized spacial score (nSPS) is 18.0. The van der Waals surface area contributed by atoms with Crippen molar-refractivity contribution in [2.45, 2.75) is 51.1 Å². The number of hydrogen-bond acceptors (Lipinski definition) is 7. The summed E-state index contributed by atoms with van der Waals surface area (Å²) in [4.78, 5) is 33.4. The minimum absolute atomic E-state index is 0.118. The predicted octanol–water partition coefficient (Wildman–Crippen LogP) is 3.33. The number of nitrogens with zero attached hydrogens (tertiary/aromatic N) is 6. The Morgan fingerprint density at radius 1 is 1.14 bits per heavy atom. The van der Waals surface area contributed by atoms with E-state index < -0.39 is 6.04 Å². The van der Waals surface area contributed by atoms with Gasteiger partial charge in [0, 0.05) is 37.3 Å². The van der Waals surface area contributed by atoms with Crippen molar-refractivity contribution >= 4 is 16.8 Å². The number of amides is 1. The summed E-state index contributed by atoms with van der Waals surface area (Å²) in [5, 5.41) is 13.9. The molecule has 0 bridgehead atoms. The van der Waals surface area contributed by atoms with Crippen molar-refractivity contribution in [3.05, 3.63) is 75.7 Å². The largest absolute Gasteiger partial charge is 0.459 e. The van der Waals surface area contributed by atoms with E-state index in [-0.39, 0.29) is 17.5 Å². The van der Waals surface area contributed by atoms with Crippen LogP contribution in [-0.4, -0.2) is 67.1 Å². The molecule has 37 heavy (non-hydrogen) atoms. The summed E-state index contributed by atoms with van der Waals surface area (Å²) in [5.41, 5.74) is 2.51. The second-order valence-corrected chi connectivity index (χ2v) is 9.96. The molecular weight excluding hydrogens is 470 g/mol. The molecule has 4 aromatic rings. The van der Waals surface area contributed by atoms with E-state index in [1.165, 1.54) is 11.8 Å².